The van der Waals surface area contributed by atoms with Crippen molar-refractivity contribution >= 4 is 44.4 Å². The van der Waals surface area contributed by atoms with Crippen molar-refractivity contribution in [3.05, 3.63) is 74.6 Å². The number of carbonyl (C=O) groups is 2. The van der Waals surface area contributed by atoms with Gasteiger partial charge in [-0.05, 0) is 42.8 Å². The summed E-state index contributed by atoms with van der Waals surface area (Å²) in [6.45, 7) is 1.68. The van der Waals surface area contributed by atoms with Crippen LogP contribution in [0.3, 0.4) is 0 Å². The van der Waals surface area contributed by atoms with Gasteiger partial charge in [0.15, 0.2) is 0 Å². The van der Waals surface area contributed by atoms with Crippen LogP contribution >= 0.6 is 15.9 Å². The van der Waals surface area contributed by atoms with Gasteiger partial charge in [0.1, 0.15) is 11.1 Å². The van der Waals surface area contributed by atoms with E-state index in [2.05, 4.69) is 21.2 Å². The molecule has 0 aliphatic rings. The molecule has 0 spiro atoms. The van der Waals surface area contributed by atoms with E-state index >= 15 is 0 Å². The van der Waals surface area contributed by atoms with E-state index < -0.39 is 11.5 Å². The van der Waals surface area contributed by atoms with Gasteiger partial charge in [-0.2, -0.15) is 0 Å². The molecule has 0 atom stereocenters. The van der Waals surface area contributed by atoms with Crippen molar-refractivity contribution in [1.82, 2.24) is 4.90 Å². The molecule has 0 saturated carbocycles. The normalized spacial score (nSPS) is 10.6. The molecular weight excluding hydrogens is 412 g/mol. The number of anilines is 1. The van der Waals surface area contributed by atoms with Crippen molar-refractivity contribution in [3.8, 4) is 0 Å². The van der Waals surface area contributed by atoms with E-state index in [4.69, 9.17) is 4.42 Å². The molecule has 0 aliphatic carbocycles. The average Bonchev–Trinajstić information content (AvgIpc) is 2.62. The number of amides is 2. The van der Waals surface area contributed by atoms with Crippen LogP contribution in [-0.4, -0.2) is 30.3 Å². The van der Waals surface area contributed by atoms with Crippen LogP contribution in [0.1, 0.15) is 15.9 Å². The largest absolute Gasteiger partial charge is 0.422 e. The second-order valence-corrected chi connectivity index (χ2v) is 7.07. The number of aryl methyl sites for hydroxylation is 1. The summed E-state index contributed by atoms with van der Waals surface area (Å²) in [6, 6.07) is 13.9. The first-order valence-electron chi connectivity index (χ1n) is 8.19. The fraction of sp³-hybridized carbons (Fsp3) is 0.150. The highest BCUT2D eigenvalue weighted by atomic mass is 79.9. The molecule has 1 N–H and O–H groups in total. The Labute approximate surface area is 163 Å². The highest BCUT2D eigenvalue weighted by molar-refractivity contribution is 9.10. The van der Waals surface area contributed by atoms with Gasteiger partial charge in [-0.1, -0.05) is 34.1 Å². The maximum atomic E-state index is 12.6. The molecule has 3 aromatic rings. The van der Waals surface area contributed by atoms with Crippen molar-refractivity contribution in [2.24, 2.45) is 0 Å². The van der Waals surface area contributed by atoms with Gasteiger partial charge in [0, 0.05) is 22.6 Å². The molecule has 0 bridgehead atoms. The summed E-state index contributed by atoms with van der Waals surface area (Å²) in [4.78, 5) is 38.2. The van der Waals surface area contributed by atoms with Crippen LogP contribution in [0.25, 0.3) is 11.0 Å². The number of para-hydroxylation sites is 1. The molecule has 138 valence electrons. The lowest BCUT2D eigenvalue weighted by Crippen LogP contribution is -2.37. The predicted molar refractivity (Wildman–Crippen MR) is 107 cm³/mol. The number of likely N-dealkylation sites (N-methyl/N-ethyl adjacent to an activating group) is 1. The van der Waals surface area contributed by atoms with Crippen LogP contribution in [0.5, 0.6) is 0 Å². The molecule has 2 aromatic carbocycles. The number of carbonyl (C=O) groups excluding carboxylic acids is 2. The summed E-state index contributed by atoms with van der Waals surface area (Å²) in [6.07, 6.45) is 0. The van der Waals surface area contributed by atoms with Gasteiger partial charge >= 0.3 is 5.63 Å². The van der Waals surface area contributed by atoms with Crippen LogP contribution in [0.4, 0.5) is 5.69 Å². The summed E-state index contributed by atoms with van der Waals surface area (Å²) in [7, 11) is 1.46. The molecule has 7 heteroatoms. The van der Waals surface area contributed by atoms with Crippen LogP contribution in [0.15, 0.2) is 62.2 Å². The molecule has 1 aromatic heterocycles. The molecular formula is C20H17BrN2O4. The first-order valence-corrected chi connectivity index (χ1v) is 8.99. The number of fused-ring (bicyclic) bond motifs is 1. The predicted octanol–water partition coefficient (Wildman–Crippen LogP) is 3.57. The second kappa shape index (κ2) is 7.75. The van der Waals surface area contributed by atoms with Crippen LogP contribution in [0, 0.1) is 6.92 Å². The van der Waals surface area contributed by atoms with E-state index in [-0.39, 0.29) is 18.0 Å². The Balaban J connectivity index is 1.74. The molecule has 3 rings (SSSR count). The minimum atomic E-state index is -0.727. The summed E-state index contributed by atoms with van der Waals surface area (Å²) >= 11 is 3.37. The van der Waals surface area contributed by atoms with Crippen LogP contribution in [-0.2, 0) is 4.79 Å². The van der Waals surface area contributed by atoms with E-state index in [0.717, 1.165) is 10.0 Å². The number of hydrogen-bond acceptors (Lipinski definition) is 4. The molecule has 0 radical (unpaired) electrons. The zero-order chi connectivity index (χ0) is 19.6. The molecule has 2 amide bonds. The first-order chi connectivity index (χ1) is 12.8. The molecule has 0 unspecified atom stereocenters. The lowest BCUT2D eigenvalue weighted by molar-refractivity contribution is -0.116. The smallest absolute Gasteiger partial charge is 0.349 e. The number of nitrogens with zero attached hydrogens (tertiary/aromatic N) is 1. The Bertz CT molecular complexity index is 1090. The van der Waals surface area contributed by atoms with E-state index in [1.54, 1.807) is 30.3 Å². The topological polar surface area (TPSA) is 79.6 Å². The summed E-state index contributed by atoms with van der Waals surface area (Å²) in [5.74, 6) is -0.932. The summed E-state index contributed by atoms with van der Waals surface area (Å²) < 4.78 is 6.09. The molecule has 0 saturated heterocycles. The van der Waals surface area contributed by atoms with Crippen LogP contribution in [0.2, 0.25) is 0 Å². The fourth-order valence-electron chi connectivity index (χ4n) is 2.66. The Morgan fingerprint density at radius 2 is 1.89 bits per heavy atom. The summed E-state index contributed by atoms with van der Waals surface area (Å²) in [5.41, 5.74) is 1.12. The average molecular weight is 429 g/mol. The number of benzene rings is 2. The van der Waals surface area contributed by atoms with Crippen LogP contribution < -0.4 is 10.9 Å². The monoisotopic (exact) mass is 428 g/mol. The first kappa shape index (κ1) is 18.8. The van der Waals surface area contributed by atoms with Crippen molar-refractivity contribution in [1.29, 1.82) is 0 Å². The zero-order valence-electron chi connectivity index (χ0n) is 14.8. The molecule has 6 nitrogen and oxygen atoms in total. The maximum absolute atomic E-state index is 12.6. The lowest BCUT2D eigenvalue weighted by atomic mass is 10.1. The van der Waals surface area contributed by atoms with Crippen molar-refractivity contribution in [2.75, 3.05) is 18.9 Å². The Morgan fingerprint density at radius 3 is 2.63 bits per heavy atom. The van der Waals surface area contributed by atoms with Crippen molar-refractivity contribution < 1.29 is 14.0 Å². The van der Waals surface area contributed by atoms with E-state index in [0.29, 0.717) is 16.7 Å². The van der Waals surface area contributed by atoms with Gasteiger partial charge in [0.2, 0.25) is 5.91 Å². The van der Waals surface area contributed by atoms with Gasteiger partial charge in [-0.25, -0.2) is 4.79 Å². The molecule has 1 heterocycles. The van der Waals surface area contributed by atoms with Crippen molar-refractivity contribution in [3.63, 3.8) is 0 Å². The van der Waals surface area contributed by atoms with Gasteiger partial charge in [0.05, 0.1) is 6.54 Å². The van der Waals surface area contributed by atoms with Gasteiger partial charge < -0.3 is 14.6 Å². The third kappa shape index (κ3) is 4.25. The standard InChI is InChI=1S/C20H17BrN2O4/c1-12-9-14(21)7-8-16(12)22-18(24)11-23(2)19(25)15-10-13-5-3-4-6-17(13)27-20(15)26/h3-10H,11H2,1-2H3,(H,22,24). The number of nitrogens with one attached hydrogen (secondary N) is 1. The number of halogens is 1. The van der Waals surface area contributed by atoms with Gasteiger partial charge in [-0.3, -0.25) is 9.59 Å². The SMILES string of the molecule is Cc1cc(Br)ccc1NC(=O)CN(C)C(=O)c1cc2ccccc2oc1=O. The highest BCUT2D eigenvalue weighted by Gasteiger charge is 2.20. The van der Waals surface area contributed by atoms with Gasteiger partial charge in [0.25, 0.3) is 5.91 Å². The zero-order valence-corrected chi connectivity index (χ0v) is 16.4. The fourth-order valence-corrected chi connectivity index (χ4v) is 3.14. The minimum absolute atomic E-state index is 0.108. The molecule has 0 fully saturated rings. The number of rotatable bonds is 4. The summed E-state index contributed by atoms with van der Waals surface area (Å²) in [5, 5.41) is 3.41. The Hall–Kier alpha value is -2.93. The highest BCUT2D eigenvalue weighted by Crippen LogP contribution is 2.20. The number of hydrogen-bond donors (Lipinski definition) is 1. The van der Waals surface area contributed by atoms with Crippen molar-refractivity contribution in [2.45, 2.75) is 6.92 Å². The molecule has 27 heavy (non-hydrogen) atoms. The third-order valence-corrected chi connectivity index (χ3v) is 4.56. The van der Waals surface area contributed by atoms with E-state index in [9.17, 15) is 14.4 Å². The quantitative estimate of drug-likeness (QED) is 0.644. The van der Waals surface area contributed by atoms with E-state index in [1.807, 2.05) is 19.1 Å². The van der Waals surface area contributed by atoms with Gasteiger partial charge in [-0.15, -0.1) is 0 Å². The lowest BCUT2D eigenvalue weighted by Gasteiger charge is -2.17. The minimum Gasteiger partial charge on any atom is -0.422 e. The molecule has 0 aliphatic heterocycles. The maximum Gasteiger partial charge on any atom is 0.349 e. The van der Waals surface area contributed by atoms with E-state index in [1.165, 1.54) is 18.0 Å². The second-order valence-electron chi connectivity index (χ2n) is 6.15. The Kier molecular flexibility index (Phi) is 5.41. The Morgan fingerprint density at radius 1 is 1.15 bits per heavy atom. The third-order valence-electron chi connectivity index (χ3n) is 4.06.